The van der Waals surface area contributed by atoms with Crippen molar-refractivity contribution in [1.82, 2.24) is 0 Å². The van der Waals surface area contributed by atoms with Crippen molar-refractivity contribution in [2.24, 2.45) is 10.9 Å². The Hall–Kier alpha value is -1.16. The molecule has 2 aliphatic rings. The lowest BCUT2D eigenvalue weighted by atomic mass is 9.78. The van der Waals surface area contributed by atoms with Gasteiger partial charge in [-0.1, -0.05) is 43.7 Å². The number of hydrogen-bond donors (Lipinski definition) is 1. The molecule has 0 saturated heterocycles. The van der Waals surface area contributed by atoms with Gasteiger partial charge >= 0.3 is 0 Å². The maximum Gasteiger partial charge on any atom is 0.161 e. The summed E-state index contributed by atoms with van der Waals surface area (Å²) in [6.07, 6.45) is 5.15. The molecule has 1 fully saturated rings. The minimum absolute atomic E-state index is 0.186. The number of nitrogens with one attached hydrogen (secondary N) is 1. The van der Waals surface area contributed by atoms with Gasteiger partial charge in [0.05, 0.1) is 17.8 Å². The summed E-state index contributed by atoms with van der Waals surface area (Å²) in [6.45, 7) is 5.05. The third kappa shape index (κ3) is 3.37. The fourth-order valence-electron chi connectivity index (χ4n) is 3.38. The van der Waals surface area contributed by atoms with Crippen LogP contribution in [0.1, 0.15) is 39.5 Å². The van der Waals surface area contributed by atoms with Gasteiger partial charge in [-0.15, -0.1) is 0 Å². The van der Waals surface area contributed by atoms with Crippen LogP contribution in [0.2, 0.25) is 0 Å². The molecule has 4 heteroatoms. The van der Waals surface area contributed by atoms with E-state index in [1.165, 1.54) is 25.7 Å². The van der Waals surface area contributed by atoms with Gasteiger partial charge in [0.2, 0.25) is 0 Å². The van der Waals surface area contributed by atoms with Crippen LogP contribution in [-0.2, 0) is 0 Å². The second-order valence-corrected chi connectivity index (χ2v) is 7.15. The monoisotopic (exact) mass is 304 g/mol. The van der Waals surface area contributed by atoms with E-state index in [-0.39, 0.29) is 5.54 Å². The lowest BCUT2D eigenvalue weighted by Gasteiger charge is -2.33. The van der Waals surface area contributed by atoms with E-state index in [2.05, 4.69) is 18.3 Å². The predicted molar refractivity (Wildman–Crippen MR) is 91.5 cm³/mol. The van der Waals surface area contributed by atoms with Crippen molar-refractivity contribution < 1.29 is 4.74 Å². The summed E-state index contributed by atoms with van der Waals surface area (Å²) in [5, 5.41) is 4.52. The summed E-state index contributed by atoms with van der Waals surface area (Å²) in [6, 6.07) is 8.10. The summed E-state index contributed by atoms with van der Waals surface area (Å²) in [5.74, 6) is 2.83. The Bertz CT molecular complexity index is 531. The minimum Gasteiger partial charge on any atom is -0.492 e. The first kappa shape index (κ1) is 14.8. The van der Waals surface area contributed by atoms with E-state index in [9.17, 15) is 0 Å². The molecule has 0 bridgehead atoms. The first-order valence-electron chi connectivity index (χ1n) is 7.92. The molecule has 2 atom stereocenters. The van der Waals surface area contributed by atoms with Crippen molar-refractivity contribution in [1.29, 1.82) is 0 Å². The molecule has 1 aliphatic heterocycles. The fraction of sp³-hybridized carbons (Fsp3) is 0.588. The largest absolute Gasteiger partial charge is 0.492 e. The molecule has 1 aromatic carbocycles. The van der Waals surface area contributed by atoms with Crippen LogP contribution in [0.3, 0.4) is 0 Å². The number of thioether (sulfide) groups is 1. The van der Waals surface area contributed by atoms with E-state index in [0.717, 1.165) is 28.3 Å². The molecule has 3 rings (SSSR count). The van der Waals surface area contributed by atoms with Crippen LogP contribution >= 0.6 is 11.8 Å². The Balaban J connectivity index is 1.74. The number of hydrogen-bond acceptors (Lipinski definition) is 4. The fourth-order valence-corrected chi connectivity index (χ4v) is 4.55. The van der Waals surface area contributed by atoms with E-state index >= 15 is 0 Å². The molecule has 1 N–H and O–H groups in total. The Morgan fingerprint density at radius 3 is 3.10 bits per heavy atom. The lowest BCUT2D eigenvalue weighted by Crippen LogP contribution is -2.33. The highest BCUT2D eigenvalue weighted by Crippen LogP contribution is 2.42. The van der Waals surface area contributed by atoms with Crippen LogP contribution < -0.4 is 10.1 Å². The van der Waals surface area contributed by atoms with Gasteiger partial charge in [-0.25, -0.2) is 0 Å². The third-order valence-corrected chi connectivity index (χ3v) is 5.46. The maximum atomic E-state index is 5.67. The molecule has 3 nitrogen and oxygen atoms in total. The molecular weight excluding hydrogens is 280 g/mol. The van der Waals surface area contributed by atoms with E-state index in [1.807, 2.05) is 36.9 Å². The highest BCUT2D eigenvalue weighted by molar-refractivity contribution is 8.14. The summed E-state index contributed by atoms with van der Waals surface area (Å²) in [7, 11) is 0. The Labute approximate surface area is 131 Å². The molecule has 0 radical (unpaired) electrons. The maximum absolute atomic E-state index is 5.67. The van der Waals surface area contributed by atoms with Gasteiger partial charge in [0.15, 0.2) is 5.17 Å². The summed E-state index contributed by atoms with van der Waals surface area (Å²) in [5.41, 5.74) is 1.21. The highest BCUT2D eigenvalue weighted by atomic mass is 32.2. The average Bonchev–Trinajstić information content (AvgIpc) is 2.83. The second kappa shape index (κ2) is 6.30. The van der Waals surface area contributed by atoms with Gasteiger partial charge in [0.1, 0.15) is 5.75 Å². The molecule has 0 aromatic heterocycles. The zero-order chi connectivity index (χ0) is 14.7. The molecule has 2 unspecified atom stereocenters. The molecule has 1 heterocycles. The Kier molecular flexibility index (Phi) is 4.43. The molecule has 1 aromatic rings. The molecule has 0 amide bonds. The van der Waals surface area contributed by atoms with Gasteiger partial charge in [-0.3, -0.25) is 4.99 Å². The standard InChI is InChI=1S/C17H24N2OS/c1-3-20-15-9-5-4-8-14(15)18-16-19-17(12-21-16)10-6-7-13(2)11-17/h4-5,8-9,13H,3,6-7,10-12H2,1-2H3,(H,18,19). The van der Waals surface area contributed by atoms with Crippen LogP contribution in [0.25, 0.3) is 0 Å². The van der Waals surface area contributed by atoms with Gasteiger partial charge in [-0.2, -0.15) is 0 Å². The molecular formula is C17H24N2OS. The SMILES string of the molecule is CCOc1ccccc1NC1=NC2(CCCC(C)C2)CS1. The number of amidine groups is 1. The quantitative estimate of drug-likeness (QED) is 0.889. The van der Waals surface area contributed by atoms with Crippen molar-refractivity contribution in [3.8, 4) is 5.75 Å². The van der Waals surface area contributed by atoms with Crippen LogP contribution in [0.5, 0.6) is 5.75 Å². The van der Waals surface area contributed by atoms with E-state index in [4.69, 9.17) is 9.73 Å². The summed E-state index contributed by atoms with van der Waals surface area (Å²) < 4.78 is 5.67. The first-order valence-corrected chi connectivity index (χ1v) is 8.91. The van der Waals surface area contributed by atoms with Gasteiger partial charge in [0.25, 0.3) is 0 Å². The number of para-hydroxylation sites is 2. The van der Waals surface area contributed by atoms with E-state index in [1.54, 1.807) is 0 Å². The first-order chi connectivity index (χ1) is 10.2. The molecule has 1 spiro atoms. The smallest absolute Gasteiger partial charge is 0.161 e. The van der Waals surface area contributed by atoms with Crippen molar-refractivity contribution in [3.63, 3.8) is 0 Å². The van der Waals surface area contributed by atoms with Crippen molar-refractivity contribution >= 4 is 22.6 Å². The normalized spacial score (nSPS) is 28.5. The number of anilines is 1. The summed E-state index contributed by atoms with van der Waals surface area (Å²) in [4.78, 5) is 5.04. The number of benzene rings is 1. The van der Waals surface area contributed by atoms with Crippen LogP contribution in [0.15, 0.2) is 29.3 Å². The van der Waals surface area contributed by atoms with Crippen LogP contribution in [0.4, 0.5) is 5.69 Å². The minimum atomic E-state index is 0.186. The zero-order valence-electron chi connectivity index (χ0n) is 12.9. The average molecular weight is 304 g/mol. The Morgan fingerprint density at radius 2 is 2.29 bits per heavy atom. The van der Waals surface area contributed by atoms with Crippen LogP contribution in [-0.4, -0.2) is 23.1 Å². The van der Waals surface area contributed by atoms with Gasteiger partial charge < -0.3 is 10.1 Å². The third-order valence-electron chi connectivity index (χ3n) is 4.31. The molecule has 1 saturated carbocycles. The molecule has 1 aliphatic carbocycles. The number of rotatable bonds is 3. The molecule has 21 heavy (non-hydrogen) atoms. The van der Waals surface area contributed by atoms with E-state index in [0.29, 0.717) is 6.61 Å². The number of ether oxygens (including phenoxy) is 1. The number of aliphatic imine (C=N–C) groups is 1. The Morgan fingerprint density at radius 1 is 1.43 bits per heavy atom. The van der Waals surface area contributed by atoms with Crippen molar-refractivity contribution in [2.45, 2.75) is 45.1 Å². The number of nitrogens with zero attached hydrogens (tertiary/aromatic N) is 1. The lowest BCUT2D eigenvalue weighted by molar-refractivity contribution is 0.266. The molecule has 114 valence electrons. The second-order valence-electron chi connectivity index (χ2n) is 6.19. The predicted octanol–water partition coefficient (Wildman–Crippen LogP) is 4.55. The topological polar surface area (TPSA) is 33.6 Å². The van der Waals surface area contributed by atoms with Gasteiger partial charge in [-0.05, 0) is 37.8 Å². The zero-order valence-corrected chi connectivity index (χ0v) is 13.7. The van der Waals surface area contributed by atoms with E-state index < -0.39 is 0 Å². The van der Waals surface area contributed by atoms with Crippen molar-refractivity contribution in [3.05, 3.63) is 24.3 Å². The van der Waals surface area contributed by atoms with Gasteiger partial charge in [0, 0.05) is 5.75 Å². The summed E-state index contributed by atoms with van der Waals surface area (Å²) >= 11 is 1.85. The highest BCUT2D eigenvalue weighted by Gasteiger charge is 2.39. The van der Waals surface area contributed by atoms with Crippen LogP contribution in [0, 0.1) is 5.92 Å². The van der Waals surface area contributed by atoms with Crippen molar-refractivity contribution in [2.75, 3.05) is 17.7 Å².